The Morgan fingerprint density at radius 3 is 2.53 bits per heavy atom. The Morgan fingerprint density at radius 1 is 1.37 bits per heavy atom. The number of benzene rings is 1. The van der Waals surface area contributed by atoms with Crippen LogP contribution in [0.15, 0.2) is 23.1 Å². The van der Waals surface area contributed by atoms with Gasteiger partial charge in [-0.15, -0.1) is 0 Å². The van der Waals surface area contributed by atoms with Crippen LogP contribution in [0.3, 0.4) is 0 Å². The Balaban J connectivity index is 2.33. The van der Waals surface area contributed by atoms with E-state index in [2.05, 4.69) is 10.0 Å². The van der Waals surface area contributed by atoms with Crippen LogP contribution >= 0.6 is 0 Å². The van der Waals surface area contributed by atoms with Crippen molar-refractivity contribution in [2.24, 2.45) is 0 Å². The fourth-order valence-corrected chi connectivity index (χ4v) is 3.18. The topological polar surface area (TPSA) is 101 Å². The number of nitro groups is 1. The van der Waals surface area contributed by atoms with Crippen LogP contribution in [0.25, 0.3) is 0 Å². The molecule has 0 unspecified atom stereocenters. The Kier molecular flexibility index (Phi) is 3.72. The van der Waals surface area contributed by atoms with E-state index >= 15 is 0 Å². The third kappa shape index (κ3) is 2.85. The van der Waals surface area contributed by atoms with E-state index in [0.29, 0.717) is 0 Å². The first kappa shape index (κ1) is 13.8. The lowest BCUT2D eigenvalue weighted by Gasteiger charge is -2.26. The number of rotatable bonds is 5. The van der Waals surface area contributed by atoms with Gasteiger partial charge >= 0.3 is 0 Å². The van der Waals surface area contributed by atoms with E-state index in [1.54, 1.807) is 7.05 Å². The molecular weight excluding hydrogens is 270 g/mol. The molecule has 0 aromatic heterocycles. The first-order valence-electron chi connectivity index (χ1n) is 5.92. The van der Waals surface area contributed by atoms with Crippen molar-refractivity contribution in [1.29, 1.82) is 0 Å². The van der Waals surface area contributed by atoms with Gasteiger partial charge in [-0.25, -0.2) is 13.1 Å². The molecular formula is C11H15N3O4S. The van der Waals surface area contributed by atoms with E-state index in [0.717, 1.165) is 25.3 Å². The number of sulfonamides is 1. The number of nitrogens with zero attached hydrogens (tertiary/aromatic N) is 1. The summed E-state index contributed by atoms with van der Waals surface area (Å²) in [7, 11) is -2.14. The van der Waals surface area contributed by atoms with Gasteiger partial charge in [0.25, 0.3) is 5.69 Å². The first-order chi connectivity index (χ1) is 8.94. The Bertz CT molecular complexity index is 596. The number of nitrogens with one attached hydrogen (secondary N) is 2. The van der Waals surface area contributed by atoms with Gasteiger partial charge in [0, 0.05) is 19.2 Å². The van der Waals surface area contributed by atoms with Crippen LogP contribution in [0.2, 0.25) is 0 Å². The largest absolute Gasteiger partial charge is 0.383 e. The third-order valence-corrected chi connectivity index (χ3v) is 4.69. The maximum absolute atomic E-state index is 12.1. The lowest BCUT2D eigenvalue weighted by Crippen LogP contribution is -2.39. The van der Waals surface area contributed by atoms with Gasteiger partial charge in [0.1, 0.15) is 5.69 Å². The number of nitro benzene ring substituents is 1. The molecule has 2 rings (SSSR count). The van der Waals surface area contributed by atoms with Crippen LogP contribution in [-0.2, 0) is 10.0 Å². The first-order valence-corrected chi connectivity index (χ1v) is 7.41. The van der Waals surface area contributed by atoms with Crippen molar-refractivity contribution in [1.82, 2.24) is 4.72 Å². The molecule has 0 aliphatic heterocycles. The molecule has 0 amide bonds. The summed E-state index contributed by atoms with van der Waals surface area (Å²) >= 11 is 0. The summed E-state index contributed by atoms with van der Waals surface area (Å²) in [5.41, 5.74) is 0.0339. The second-order valence-electron chi connectivity index (χ2n) is 4.44. The summed E-state index contributed by atoms with van der Waals surface area (Å²) in [4.78, 5) is 10.2. The van der Waals surface area contributed by atoms with Crippen LogP contribution < -0.4 is 10.0 Å². The highest BCUT2D eigenvalue weighted by atomic mass is 32.2. The van der Waals surface area contributed by atoms with Gasteiger partial charge in [0.15, 0.2) is 0 Å². The molecule has 104 valence electrons. The Morgan fingerprint density at radius 2 is 2.05 bits per heavy atom. The zero-order valence-corrected chi connectivity index (χ0v) is 11.2. The summed E-state index contributed by atoms with van der Waals surface area (Å²) in [6, 6.07) is 3.79. The molecule has 1 aliphatic rings. The van der Waals surface area contributed by atoms with Crippen molar-refractivity contribution in [2.75, 3.05) is 12.4 Å². The van der Waals surface area contributed by atoms with Gasteiger partial charge in [-0.1, -0.05) is 6.42 Å². The SMILES string of the molecule is CNc1ccc(S(=O)(=O)NC2CCC2)cc1[N+](=O)[O-]. The Hall–Kier alpha value is -1.67. The summed E-state index contributed by atoms with van der Waals surface area (Å²) in [5, 5.41) is 13.6. The van der Waals surface area contributed by atoms with Crippen molar-refractivity contribution in [3.63, 3.8) is 0 Å². The van der Waals surface area contributed by atoms with Crippen molar-refractivity contribution in [3.05, 3.63) is 28.3 Å². The maximum Gasteiger partial charge on any atom is 0.293 e. The predicted octanol–water partition coefficient (Wildman–Crippen LogP) is 1.47. The minimum Gasteiger partial charge on any atom is -0.383 e. The fourth-order valence-electron chi connectivity index (χ4n) is 1.85. The highest BCUT2D eigenvalue weighted by Crippen LogP contribution is 2.28. The molecule has 1 saturated carbocycles. The van der Waals surface area contributed by atoms with Crippen molar-refractivity contribution >= 4 is 21.4 Å². The van der Waals surface area contributed by atoms with E-state index in [9.17, 15) is 18.5 Å². The van der Waals surface area contributed by atoms with Gasteiger partial charge in [-0.2, -0.15) is 0 Å². The van der Waals surface area contributed by atoms with Gasteiger partial charge in [-0.3, -0.25) is 10.1 Å². The summed E-state index contributed by atoms with van der Waals surface area (Å²) in [6.45, 7) is 0. The third-order valence-electron chi connectivity index (χ3n) is 3.17. The maximum atomic E-state index is 12.1. The molecule has 2 N–H and O–H groups in total. The molecule has 0 heterocycles. The van der Waals surface area contributed by atoms with E-state index in [-0.39, 0.29) is 22.3 Å². The molecule has 1 aromatic rings. The second kappa shape index (κ2) is 5.14. The van der Waals surface area contributed by atoms with Crippen LogP contribution in [-0.4, -0.2) is 26.4 Å². The van der Waals surface area contributed by atoms with Gasteiger partial charge < -0.3 is 5.32 Å². The fraction of sp³-hybridized carbons (Fsp3) is 0.455. The van der Waals surface area contributed by atoms with Crippen LogP contribution in [0.1, 0.15) is 19.3 Å². The average Bonchev–Trinajstić information content (AvgIpc) is 2.33. The van der Waals surface area contributed by atoms with E-state index in [4.69, 9.17) is 0 Å². The molecule has 0 radical (unpaired) electrons. The smallest absolute Gasteiger partial charge is 0.293 e. The molecule has 8 heteroatoms. The molecule has 0 atom stereocenters. The van der Waals surface area contributed by atoms with Gasteiger partial charge in [0.2, 0.25) is 10.0 Å². The van der Waals surface area contributed by atoms with E-state index in [1.807, 2.05) is 0 Å². The van der Waals surface area contributed by atoms with Crippen molar-refractivity contribution < 1.29 is 13.3 Å². The van der Waals surface area contributed by atoms with Crippen molar-refractivity contribution in [2.45, 2.75) is 30.2 Å². The predicted molar refractivity (Wildman–Crippen MR) is 70.6 cm³/mol. The minimum absolute atomic E-state index is 0.0481. The summed E-state index contributed by atoms with van der Waals surface area (Å²) < 4.78 is 26.7. The highest BCUT2D eigenvalue weighted by Gasteiger charge is 2.26. The number of hydrogen-bond acceptors (Lipinski definition) is 5. The normalized spacial score (nSPS) is 15.8. The zero-order chi connectivity index (χ0) is 14.0. The standard InChI is InChI=1S/C11H15N3O4S/c1-12-10-6-5-9(7-11(10)14(15)16)19(17,18)13-8-3-2-4-8/h5-8,12-13H,2-4H2,1H3. The average molecular weight is 285 g/mol. The van der Waals surface area contributed by atoms with Gasteiger partial charge in [0.05, 0.1) is 9.82 Å². The Labute approximate surface area is 111 Å². The molecule has 0 saturated heterocycles. The summed E-state index contributed by atoms with van der Waals surface area (Å²) in [6.07, 6.45) is 2.64. The number of hydrogen-bond donors (Lipinski definition) is 2. The molecule has 1 aliphatic carbocycles. The minimum atomic E-state index is -3.68. The van der Waals surface area contributed by atoms with Crippen LogP contribution in [0, 0.1) is 10.1 Å². The van der Waals surface area contributed by atoms with Crippen LogP contribution in [0.4, 0.5) is 11.4 Å². The monoisotopic (exact) mass is 285 g/mol. The summed E-state index contributed by atoms with van der Waals surface area (Å²) in [5.74, 6) is 0. The zero-order valence-electron chi connectivity index (χ0n) is 10.4. The quantitative estimate of drug-likeness (QED) is 0.630. The second-order valence-corrected chi connectivity index (χ2v) is 6.15. The lowest BCUT2D eigenvalue weighted by molar-refractivity contribution is -0.384. The lowest BCUT2D eigenvalue weighted by atomic mass is 9.94. The number of anilines is 1. The van der Waals surface area contributed by atoms with E-state index < -0.39 is 14.9 Å². The van der Waals surface area contributed by atoms with Gasteiger partial charge in [-0.05, 0) is 25.0 Å². The molecule has 0 bridgehead atoms. The highest BCUT2D eigenvalue weighted by molar-refractivity contribution is 7.89. The molecule has 1 fully saturated rings. The van der Waals surface area contributed by atoms with Crippen LogP contribution in [0.5, 0.6) is 0 Å². The molecule has 1 aromatic carbocycles. The molecule has 0 spiro atoms. The molecule has 19 heavy (non-hydrogen) atoms. The molecule has 7 nitrogen and oxygen atoms in total. The van der Waals surface area contributed by atoms with Crippen molar-refractivity contribution in [3.8, 4) is 0 Å². The van der Waals surface area contributed by atoms with E-state index in [1.165, 1.54) is 12.1 Å².